The van der Waals surface area contributed by atoms with Crippen LogP contribution in [0.3, 0.4) is 0 Å². The number of benzene rings is 3. The zero-order valence-electron chi connectivity index (χ0n) is 19.3. The molecule has 7 nitrogen and oxygen atoms in total. The Bertz CT molecular complexity index is 1350. The van der Waals surface area contributed by atoms with Crippen molar-refractivity contribution in [1.82, 2.24) is 14.8 Å². The number of hydrogen-bond donors (Lipinski definition) is 3. The maximum Gasteiger partial charge on any atom is 0.227 e. The standard InChI is InChI=1S/C27H28FN3O4/c28-21-14-18(8-9-24(21)33)15-26(34)31-12-10-30(11-13-31)16-19(32)17-35-25-7-3-6-23-27(25)20-4-1-2-5-22(20)29-23/h1-9,14,19,29,32-33H,10-13,15-17H2. The summed E-state index contributed by atoms with van der Waals surface area (Å²) in [6, 6.07) is 17.9. The van der Waals surface area contributed by atoms with Crippen LogP contribution >= 0.6 is 0 Å². The van der Waals surface area contributed by atoms with Crippen molar-refractivity contribution in [1.29, 1.82) is 0 Å². The summed E-state index contributed by atoms with van der Waals surface area (Å²) in [4.78, 5) is 19.8. The van der Waals surface area contributed by atoms with Gasteiger partial charge >= 0.3 is 0 Å². The highest BCUT2D eigenvalue weighted by Gasteiger charge is 2.23. The molecular formula is C27H28FN3O4. The predicted octanol–water partition coefficient (Wildman–Crippen LogP) is 3.29. The first-order chi connectivity index (χ1) is 17.0. The molecule has 0 spiro atoms. The number of aromatic hydroxyl groups is 1. The number of piperazine rings is 1. The van der Waals surface area contributed by atoms with Gasteiger partial charge in [-0.2, -0.15) is 0 Å². The number of carbonyl (C=O) groups excluding carboxylic acids is 1. The predicted molar refractivity (Wildman–Crippen MR) is 132 cm³/mol. The lowest BCUT2D eigenvalue weighted by Crippen LogP contribution is -2.51. The number of nitrogens with one attached hydrogen (secondary N) is 1. The van der Waals surface area contributed by atoms with E-state index in [0.717, 1.165) is 27.6 Å². The average molecular weight is 478 g/mol. The third-order valence-corrected chi connectivity index (χ3v) is 6.48. The number of halogens is 1. The molecule has 35 heavy (non-hydrogen) atoms. The molecule has 1 unspecified atom stereocenters. The molecule has 1 aromatic heterocycles. The van der Waals surface area contributed by atoms with Gasteiger partial charge in [-0.1, -0.05) is 30.3 Å². The minimum absolute atomic E-state index is 0.0783. The fourth-order valence-corrected chi connectivity index (χ4v) is 4.65. The van der Waals surface area contributed by atoms with E-state index in [9.17, 15) is 19.4 Å². The maximum atomic E-state index is 13.5. The van der Waals surface area contributed by atoms with Crippen molar-refractivity contribution in [2.45, 2.75) is 12.5 Å². The number of phenols is 1. The van der Waals surface area contributed by atoms with Crippen LogP contribution in [0, 0.1) is 5.82 Å². The molecule has 2 heterocycles. The minimum atomic E-state index is -0.725. The summed E-state index contributed by atoms with van der Waals surface area (Å²) in [7, 11) is 0. The van der Waals surface area contributed by atoms with E-state index in [-0.39, 0.29) is 18.9 Å². The van der Waals surface area contributed by atoms with E-state index < -0.39 is 17.7 Å². The Balaban J connectivity index is 1.12. The Kier molecular flexibility index (Phi) is 6.57. The summed E-state index contributed by atoms with van der Waals surface area (Å²) in [5.74, 6) is -0.488. The van der Waals surface area contributed by atoms with Gasteiger partial charge in [-0.25, -0.2) is 4.39 Å². The molecule has 1 amide bonds. The van der Waals surface area contributed by atoms with Crippen LogP contribution in [-0.2, 0) is 11.2 Å². The number of rotatable bonds is 7. The van der Waals surface area contributed by atoms with Crippen LogP contribution in [0.1, 0.15) is 5.56 Å². The molecule has 1 atom stereocenters. The topological polar surface area (TPSA) is 89.0 Å². The second-order valence-electron chi connectivity index (χ2n) is 8.96. The molecule has 1 aliphatic heterocycles. The van der Waals surface area contributed by atoms with Gasteiger partial charge < -0.3 is 24.8 Å². The minimum Gasteiger partial charge on any atom is -0.505 e. The van der Waals surface area contributed by atoms with Crippen LogP contribution in [0.25, 0.3) is 21.8 Å². The highest BCUT2D eigenvalue weighted by atomic mass is 19.1. The summed E-state index contributed by atoms with van der Waals surface area (Å²) in [6.45, 7) is 3.00. The third-order valence-electron chi connectivity index (χ3n) is 6.48. The molecule has 1 aliphatic rings. The number of aromatic amines is 1. The molecular weight excluding hydrogens is 449 g/mol. The van der Waals surface area contributed by atoms with Gasteiger partial charge in [-0.05, 0) is 35.9 Å². The van der Waals surface area contributed by atoms with Crippen molar-refractivity contribution in [2.24, 2.45) is 0 Å². The molecule has 0 aliphatic carbocycles. The Morgan fingerprint density at radius 1 is 1.03 bits per heavy atom. The number of H-pyrrole nitrogens is 1. The lowest BCUT2D eigenvalue weighted by atomic mass is 10.1. The zero-order valence-corrected chi connectivity index (χ0v) is 19.3. The third kappa shape index (κ3) is 5.08. The first-order valence-electron chi connectivity index (χ1n) is 11.8. The van der Waals surface area contributed by atoms with E-state index in [2.05, 4.69) is 16.0 Å². The molecule has 0 radical (unpaired) electrons. The molecule has 0 saturated carbocycles. The number of fused-ring (bicyclic) bond motifs is 3. The first kappa shape index (κ1) is 23.1. The first-order valence-corrected chi connectivity index (χ1v) is 11.8. The number of phenolic OH excluding ortho intramolecular Hbond substituents is 1. The van der Waals surface area contributed by atoms with Crippen molar-refractivity contribution in [2.75, 3.05) is 39.3 Å². The quantitative estimate of drug-likeness (QED) is 0.380. The van der Waals surface area contributed by atoms with E-state index in [4.69, 9.17) is 4.74 Å². The van der Waals surface area contributed by atoms with Crippen LogP contribution < -0.4 is 4.74 Å². The number of carbonyl (C=O) groups is 1. The second kappa shape index (κ2) is 9.93. The molecule has 4 aromatic rings. The van der Waals surface area contributed by atoms with Crippen LogP contribution in [0.2, 0.25) is 0 Å². The van der Waals surface area contributed by atoms with Crippen LogP contribution in [0.15, 0.2) is 60.7 Å². The average Bonchev–Trinajstić information content (AvgIpc) is 3.25. The number of aromatic nitrogens is 1. The summed E-state index contributed by atoms with van der Waals surface area (Å²) in [5, 5.41) is 22.0. The lowest BCUT2D eigenvalue weighted by Gasteiger charge is -2.35. The van der Waals surface area contributed by atoms with E-state index in [1.807, 2.05) is 36.4 Å². The fourth-order valence-electron chi connectivity index (χ4n) is 4.65. The van der Waals surface area contributed by atoms with Crippen LogP contribution in [0.5, 0.6) is 11.5 Å². The smallest absolute Gasteiger partial charge is 0.227 e. The van der Waals surface area contributed by atoms with Gasteiger partial charge in [0, 0.05) is 49.0 Å². The second-order valence-corrected chi connectivity index (χ2v) is 8.96. The summed E-state index contributed by atoms with van der Waals surface area (Å²) in [6.07, 6.45) is -0.578. The summed E-state index contributed by atoms with van der Waals surface area (Å²) < 4.78 is 19.6. The Labute approximate surface area is 202 Å². The summed E-state index contributed by atoms with van der Waals surface area (Å²) >= 11 is 0. The van der Waals surface area contributed by atoms with Gasteiger partial charge in [0.15, 0.2) is 11.6 Å². The molecule has 3 N–H and O–H groups in total. The molecule has 5 rings (SSSR count). The van der Waals surface area contributed by atoms with Crippen molar-refractivity contribution >= 4 is 27.7 Å². The van der Waals surface area contributed by atoms with Crippen LogP contribution in [-0.4, -0.2) is 76.3 Å². The van der Waals surface area contributed by atoms with Crippen molar-refractivity contribution in [3.05, 3.63) is 72.0 Å². The molecule has 182 valence electrons. The SMILES string of the molecule is O=C(Cc1ccc(O)c(F)c1)N1CCN(CC(O)COc2cccc3[nH]c4ccccc4c23)CC1. The van der Waals surface area contributed by atoms with Crippen molar-refractivity contribution in [3.8, 4) is 11.5 Å². The highest BCUT2D eigenvalue weighted by Crippen LogP contribution is 2.33. The van der Waals surface area contributed by atoms with E-state index in [1.165, 1.54) is 12.1 Å². The van der Waals surface area contributed by atoms with Gasteiger partial charge in [-0.15, -0.1) is 0 Å². The van der Waals surface area contributed by atoms with Gasteiger partial charge in [0.2, 0.25) is 5.91 Å². The largest absolute Gasteiger partial charge is 0.505 e. The number of nitrogens with zero attached hydrogens (tertiary/aromatic N) is 2. The molecule has 0 bridgehead atoms. The van der Waals surface area contributed by atoms with Crippen LogP contribution in [0.4, 0.5) is 4.39 Å². The molecule has 1 saturated heterocycles. The number of para-hydroxylation sites is 1. The fraction of sp³-hybridized carbons (Fsp3) is 0.296. The van der Waals surface area contributed by atoms with Crippen molar-refractivity contribution in [3.63, 3.8) is 0 Å². The number of hydrogen-bond acceptors (Lipinski definition) is 5. The van der Waals surface area contributed by atoms with Gasteiger partial charge in [-0.3, -0.25) is 9.69 Å². The highest BCUT2D eigenvalue weighted by molar-refractivity contribution is 6.10. The summed E-state index contributed by atoms with van der Waals surface area (Å²) in [5.41, 5.74) is 2.57. The maximum absolute atomic E-state index is 13.5. The number of ether oxygens (including phenoxy) is 1. The number of β-amino-alcohol motifs (C(OH)–C–C–N with tert-alkyl or cyclic N) is 1. The van der Waals surface area contributed by atoms with Crippen molar-refractivity contribution < 1.29 is 24.1 Å². The molecule has 1 fully saturated rings. The van der Waals surface area contributed by atoms with E-state index in [0.29, 0.717) is 38.3 Å². The zero-order chi connectivity index (χ0) is 24.4. The monoisotopic (exact) mass is 477 g/mol. The molecule has 8 heteroatoms. The van der Waals surface area contributed by atoms with E-state index >= 15 is 0 Å². The Morgan fingerprint density at radius 2 is 1.80 bits per heavy atom. The Morgan fingerprint density at radius 3 is 2.60 bits per heavy atom. The molecule has 3 aromatic carbocycles. The van der Waals surface area contributed by atoms with Gasteiger partial charge in [0.1, 0.15) is 18.5 Å². The van der Waals surface area contributed by atoms with Gasteiger partial charge in [0.05, 0.1) is 11.9 Å². The normalized spacial score (nSPS) is 15.5. The lowest BCUT2D eigenvalue weighted by molar-refractivity contribution is -0.132. The number of amides is 1. The van der Waals surface area contributed by atoms with Gasteiger partial charge in [0.25, 0.3) is 0 Å². The Hall–Kier alpha value is -3.62. The number of aliphatic hydroxyl groups excluding tert-OH is 1. The van der Waals surface area contributed by atoms with E-state index in [1.54, 1.807) is 11.0 Å². The number of aliphatic hydroxyl groups is 1.